The van der Waals surface area contributed by atoms with E-state index in [9.17, 15) is 9.18 Å². The van der Waals surface area contributed by atoms with Gasteiger partial charge in [0.25, 0.3) is 5.91 Å². The van der Waals surface area contributed by atoms with E-state index in [-0.39, 0.29) is 11.7 Å². The van der Waals surface area contributed by atoms with Crippen LogP contribution in [-0.2, 0) is 0 Å². The molecule has 1 heterocycles. The fraction of sp³-hybridized carbons (Fsp3) is 0. The Morgan fingerprint density at radius 3 is 2.72 bits per heavy atom. The molecule has 18 heavy (non-hydrogen) atoms. The highest BCUT2D eigenvalue weighted by Gasteiger charge is 2.08. The molecule has 0 aliphatic carbocycles. The number of carbonyl (C=O) groups excluding carboxylic acids is 1. The molecule has 1 aromatic carbocycles. The minimum absolute atomic E-state index is 0.285. The van der Waals surface area contributed by atoms with Crippen LogP contribution in [-0.4, -0.2) is 10.9 Å². The fourth-order valence-electron chi connectivity index (χ4n) is 1.28. The summed E-state index contributed by atoms with van der Waals surface area (Å²) in [6, 6.07) is 7.41. The van der Waals surface area contributed by atoms with Crippen LogP contribution in [0.15, 0.2) is 41.0 Å². The molecule has 1 N–H and O–H groups in total. The Kier molecular flexibility index (Phi) is 3.93. The molecule has 0 radical (unpaired) electrons. The van der Waals surface area contributed by atoms with Gasteiger partial charge in [-0.25, -0.2) is 9.37 Å². The van der Waals surface area contributed by atoms with Crippen molar-refractivity contribution >= 4 is 39.3 Å². The summed E-state index contributed by atoms with van der Waals surface area (Å²) in [4.78, 5) is 15.6. The first-order valence-electron chi connectivity index (χ1n) is 4.94. The summed E-state index contributed by atoms with van der Waals surface area (Å²) in [5.74, 6) is -0.513. The van der Waals surface area contributed by atoms with E-state index in [4.69, 9.17) is 11.6 Å². The number of nitrogens with zero attached hydrogens (tertiary/aromatic N) is 1. The third-order valence-corrected chi connectivity index (χ3v) is 3.36. The lowest BCUT2D eigenvalue weighted by Crippen LogP contribution is -2.12. The molecule has 6 heteroatoms. The second-order valence-electron chi connectivity index (χ2n) is 3.44. The van der Waals surface area contributed by atoms with Crippen molar-refractivity contribution in [3.05, 3.63) is 57.4 Å². The highest BCUT2D eigenvalue weighted by molar-refractivity contribution is 9.10. The number of carbonyl (C=O) groups is 1. The van der Waals surface area contributed by atoms with Gasteiger partial charge in [0.15, 0.2) is 0 Å². The van der Waals surface area contributed by atoms with Gasteiger partial charge < -0.3 is 5.32 Å². The summed E-state index contributed by atoms with van der Waals surface area (Å²) in [6.45, 7) is 0. The molecule has 0 unspecified atom stereocenters. The topological polar surface area (TPSA) is 42.0 Å². The van der Waals surface area contributed by atoms with Crippen LogP contribution in [0.4, 0.5) is 10.2 Å². The number of pyridine rings is 1. The Bertz CT molecular complexity index is 589. The summed E-state index contributed by atoms with van der Waals surface area (Å²) in [7, 11) is 0. The molecule has 0 spiro atoms. The molecule has 0 bridgehead atoms. The van der Waals surface area contributed by atoms with Crippen molar-refractivity contribution in [3.63, 3.8) is 0 Å². The smallest absolute Gasteiger partial charge is 0.256 e. The van der Waals surface area contributed by atoms with Gasteiger partial charge in [-0.1, -0.05) is 11.6 Å². The van der Waals surface area contributed by atoms with Gasteiger partial charge in [-0.3, -0.25) is 4.79 Å². The maximum Gasteiger partial charge on any atom is 0.256 e. The third-order valence-electron chi connectivity index (χ3n) is 2.15. The zero-order chi connectivity index (χ0) is 13.1. The molecule has 0 aliphatic rings. The zero-order valence-corrected chi connectivity index (χ0v) is 11.3. The molecule has 2 rings (SSSR count). The van der Waals surface area contributed by atoms with Crippen molar-refractivity contribution < 1.29 is 9.18 Å². The van der Waals surface area contributed by atoms with Crippen LogP contribution in [0.1, 0.15) is 10.4 Å². The molecule has 0 saturated carbocycles. The number of halogens is 3. The van der Waals surface area contributed by atoms with E-state index in [0.717, 1.165) is 6.20 Å². The quantitative estimate of drug-likeness (QED) is 0.908. The Morgan fingerprint density at radius 2 is 2.11 bits per heavy atom. The fourth-order valence-corrected chi connectivity index (χ4v) is 1.77. The van der Waals surface area contributed by atoms with Crippen LogP contribution in [0, 0.1) is 5.82 Å². The normalized spacial score (nSPS) is 10.2. The zero-order valence-electron chi connectivity index (χ0n) is 8.95. The molecule has 0 fully saturated rings. The second kappa shape index (κ2) is 5.46. The van der Waals surface area contributed by atoms with Gasteiger partial charge in [-0.2, -0.15) is 0 Å². The summed E-state index contributed by atoms with van der Waals surface area (Å²) in [5, 5.41) is 3.07. The van der Waals surface area contributed by atoms with Crippen LogP contribution in [0.25, 0.3) is 0 Å². The SMILES string of the molecule is O=C(Nc1ccc(F)cn1)c1ccc(Cl)c(Br)c1. The van der Waals surface area contributed by atoms with Crippen LogP contribution >= 0.6 is 27.5 Å². The minimum Gasteiger partial charge on any atom is -0.307 e. The van der Waals surface area contributed by atoms with E-state index >= 15 is 0 Å². The van der Waals surface area contributed by atoms with Gasteiger partial charge in [0.1, 0.15) is 11.6 Å². The van der Waals surface area contributed by atoms with Gasteiger partial charge in [0.05, 0.1) is 11.2 Å². The molecule has 0 saturated heterocycles. The summed E-state index contributed by atoms with van der Waals surface area (Å²) >= 11 is 9.06. The summed E-state index contributed by atoms with van der Waals surface area (Å²) < 4.78 is 13.3. The van der Waals surface area contributed by atoms with E-state index in [0.29, 0.717) is 15.1 Å². The van der Waals surface area contributed by atoms with Crippen LogP contribution < -0.4 is 5.32 Å². The van der Waals surface area contributed by atoms with Crippen molar-refractivity contribution in [3.8, 4) is 0 Å². The summed E-state index contributed by atoms with van der Waals surface area (Å²) in [5.41, 5.74) is 0.428. The number of hydrogen-bond acceptors (Lipinski definition) is 2. The second-order valence-corrected chi connectivity index (χ2v) is 4.71. The number of aromatic nitrogens is 1. The van der Waals surface area contributed by atoms with E-state index in [1.54, 1.807) is 18.2 Å². The molecule has 92 valence electrons. The minimum atomic E-state index is -0.456. The van der Waals surface area contributed by atoms with Gasteiger partial charge in [0.2, 0.25) is 0 Å². The van der Waals surface area contributed by atoms with Crippen molar-refractivity contribution in [2.75, 3.05) is 5.32 Å². The molecule has 3 nitrogen and oxygen atoms in total. The van der Waals surface area contributed by atoms with Crippen molar-refractivity contribution in [1.82, 2.24) is 4.98 Å². The van der Waals surface area contributed by atoms with Gasteiger partial charge in [-0.05, 0) is 46.3 Å². The first-order chi connectivity index (χ1) is 8.56. The molecular formula is C12H7BrClFN2O. The van der Waals surface area contributed by atoms with Crippen LogP contribution in [0.5, 0.6) is 0 Å². The highest BCUT2D eigenvalue weighted by atomic mass is 79.9. The lowest BCUT2D eigenvalue weighted by molar-refractivity contribution is 0.102. The molecule has 2 aromatic rings. The van der Waals surface area contributed by atoms with Gasteiger partial charge in [0, 0.05) is 10.0 Å². The van der Waals surface area contributed by atoms with Crippen molar-refractivity contribution in [2.24, 2.45) is 0 Å². The summed E-state index contributed by atoms with van der Waals surface area (Å²) in [6.07, 6.45) is 1.04. The Balaban J connectivity index is 2.16. The van der Waals surface area contributed by atoms with Crippen LogP contribution in [0.3, 0.4) is 0 Å². The number of hydrogen-bond donors (Lipinski definition) is 1. The lowest BCUT2D eigenvalue weighted by atomic mass is 10.2. The number of benzene rings is 1. The highest BCUT2D eigenvalue weighted by Crippen LogP contribution is 2.23. The van der Waals surface area contributed by atoms with E-state index in [1.807, 2.05) is 0 Å². The first-order valence-corrected chi connectivity index (χ1v) is 6.11. The maximum absolute atomic E-state index is 12.6. The third kappa shape index (κ3) is 3.05. The average Bonchev–Trinajstić information content (AvgIpc) is 2.35. The first kappa shape index (κ1) is 13.0. The standard InChI is InChI=1S/C12H7BrClFN2O/c13-9-5-7(1-3-10(9)14)12(18)17-11-4-2-8(15)6-16-11/h1-6H,(H,16,17,18). The Hall–Kier alpha value is -1.46. The number of nitrogens with one attached hydrogen (secondary N) is 1. The Morgan fingerprint density at radius 1 is 1.33 bits per heavy atom. The van der Waals surface area contributed by atoms with Crippen molar-refractivity contribution in [2.45, 2.75) is 0 Å². The number of anilines is 1. The molecule has 0 aliphatic heterocycles. The molecule has 0 atom stereocenters. The van der Waals surface area contributed by atoms with E-state index in [2.05, 4.69) is 26.2 Å². The largest absolute Gasteiger partial charge is 0.307 e. The maximum atomic E-state index is 12.6. The molecular weight excluding hydrogens is 322 g/mol. The van der Waals surface area contributed by atoms with E-state index in [1.165, 1.54) is 12.1 Å². The molecule has 1 amide bonds. The Labute approximate surface area is 116 Å². The van der Waals surface area contributed by atoms with E-state index < -0.39 is 5.82 Å². The monoisotopic (exact) mass is 328 g/mol. The number of rotatable bonds is 2. The van der Waals surface area contributed by atoms with Gasteiger partial charge in [-0.15, -0.1) is 0 Å². The molecule has 1 aromatic heterocycles. The predicted octanol–water partition coefficient (Wildman–Crippen LogP) is 3.89. The van der Waals surface area contributed by atoms with Crippen molar-refractivity contribution in [1.29, 1.82) is 0 Å². The predicted molar refractivity (Wildman–Crippen MR) is 71.3 cm³/mol. The lowest BCUT2D eigenvalue weighted by Gasteiger charge is -2.05. The van der Waals surface area contributed by atoms with Gasteiger partial charge >= 0.3 is 0 Å². The average molecular weight is 330 g/mol. The van der Waals surface area contributed by atoms with Crippen LogP contribution in [0.2, 0.25) is 5.02 Å². The number of amides is 1.